The molecule has 1 heterocycles. The fraction of sp³-hybridized carbons (Fsp3) is 0.889. The van der Waals surface area contributed by atoms with E-state index in [2.05, 4.69) is 0 Å². The SMILES string of the molecule is CCOC(=O)N(C)CC1CCCO1. The molecular formula is C9H17NO3. The number of amides is 1. The summed E-state index contributed by atoms with van der Waals surface area (Å²) in [6.45, 7) is 3.69. The largest absolute Gasteiger partial charge is 0.450 e. The highest BCUT2D eigenvalue weighted by molar-refractivity contribution is 5.67. The zero-order valence-corrected chi connectivity index (χ0v) is 8.28. The Balaban J connectivity index is 2.22. The van der Waals surface area contributed by atoms with Crippen LogP contribution in [0.1, 0.15) is 19.8 Å². The molecule has 0 N–H and O–H groups in total. The van der Waals surface area contributed by atoms with E-state index in [4.69, 9.17) is 9.47 Å². The molecule has 0 aromatic carbocycles. The van der Waals surface area contributed by atoms with E-state index in [1.807, 2.05) is 0 Å². The van der Waals surface area contributed by atoms with Crippen molar-refractivity contribution >= 4 is 6.09 Å². The number of carbonyl (C=O) groups is 1. The molecule has 1 amide bonds. The third kappa shape index (κ3) is 3.22. The van der Waals surface area contributed by atoms with Crippen LogP contribution in [-0.2, 0) is 9.47 Å². The Morgan fingerprint density at radius 2 is 2.46 bits per heavy atom. The van der Waals surface area contributed by atoms with E-state index in [9.17, 15) is 4.79 Å². The molecule has 0 spiro atoms. The summed E-state index contributed by atoms with van der Waals surface area (Å²) in [7, 11) is 1.74. The smallest absolute Gasteiger partial charge is 0.409 e. The van der Waals surface area contributed by atoms with E-state index < -0.39 is 0 Å². The number of ether oxygens (including phenoxy) is 2. The van der Waals surface area contributed by atoms with E-state index >= 15 is 0 Å². The van der Waals surface area contributed by atoms with Crippen LogP contribution in [0.15, 0.2) is 0 Å². The average molecular weight is 187 g/mol. The zero-order valence-electron chi connectivity index (χ0n) is 8.28. The minimum absolute atomic E-state index is 0.203. The van der Waals surface area contributed by atoms with E-state index in [1.165, 1.54) is 0 Å². The molecule has 0 aromatic heterocycles. The lowest BCUT2D eigenvalue weighted by Crippen LogP contribution is -2.34. The molecule has 1 aliphatic rings. The lowest BCUT2D eigenvalue weighted by Gasteiger charge is -2.19. The van der Waals surface area contributed by atoms with Crippen LogP contribution in [0.3, 0.4) is 0 Å². The maximum Gasteiger partial charge on any atom is 0.409 e. The fourth-order valence-corrected chi connectivity index (χ4v) is 1.40. The second-order valence-corrected chi connectivity index (χ2v) is 3.21. The highest BCUT2D eigenvalue weighted by atomic mass is 16.6. The predicted octanol–water partition coefficient (Wildman–Crippen LogP) is 1.25. The minimum Gasteiger partial charge on any atom is -0.450 e. The third-order valence-corrected chi connectivity index (χ3v) is 2.08. The standard InChI is InChI=1S/C9H17NO3/c1-3-12-9(11)10(2)7-8-5-4-6-13-8/h8H,3-7H2,1-2H3. The second kappa shape index (κ2) is 5.07. The number of rotatable bonds is 3. The number of hydrogen-bond acceptors (Lipinski definition) is 3. The lowest BCUT2D eigenvalue weighted by molar-refractivity contribution is 0.0660. The summed E-state index contributed by atoms with van der Waals surface area (Å²) < 4.78 is 10.2. The molecule has 4 nitrogen and oxygen atoms in total. The molecular weight excluding hydrogens is 170 g/mol. The van der Waals surface area contributed by atoms with E-state index in [1.54, 1.807) is 18.9 Å². The van der Waals surface area contributed by atoms with Crippen molar-refractivity contribution in [2.75, 3.05) is 26.8 Å². The highest BCUT2D eigenvalue weighted by Gasteiger charge is 2.20. The van der Waals surface area contributed by atoms with Crippen LogP contribution in [0.25, 0.3) is 0 Å². The van der Waals surface area contributed by atoms with Crippen molar-refractivity contribution in [3.8, 4) is 0 Å². The van der Waals surface area contributed by atoms with E-state index in [0.717, 1.165) is 19.4 Å². The summed E-state index contributed by atoms with van der Waals surface area (Å²) in [5.74, 6) is 0. The van der Waals surface area contributed by atoms with Crippen LogP contribution in [0.5, 0.6) is 0 Å². The maximum absolute atomic E-state index is 11.2. The summed E-state index contributed by atoms with van der Waals surface area (Å²) >= 11 is 0. The van der Waals surface area contributed by atoms with Gasteiger partial charge in [-0.3, -0.25) is 0 Å². The summed E-state index contributed by atoms with van der Waals surface area (Å²) in [5.41, 5.74) is 0. The first-order valence-electron chi connectivity index (χ1n) is 4.73. The Morgan fingerprint density at radius 1 is 1.69 bits per heavy atom. The molecule has 1 saturated heterocycles. The molecule has 13 heavy (non-hydrogen) atoms. The zero-order chi connectivity index (χ0) is 9.68. The lowest BCUT2D eigenvalue weighted by atomic mass is 10.2. The van der Waals surface area contributed by atoms with Gasteiger partial charge in [0.1, 0.15) is 0 Å². The maximum atomic E-state index is 11.2. The summed E-state index contributed by atoms with van der Waals surface area (Å²) in [5, 5.41) is 0. The second-order valence-electron chi connectivity index (χ2n) is 3.21. The molecule has 76 valence electrons. The van der Waals surface area contributed by atoms with E-state index in [-0.39, 0.29) is 12.2 Å². The molecule has 0 aromatic rings. The first-order chi connectivity index (χ1) is 6.24. The van der Waals surface area contributed by atoms with Gasteiger partial charge in [-0.15, -0.1) is 0 Å². The molecule has 1 atom stereocenters. The van der Waals surface area contributed by atoms with Gasteiger partial charge in [-0.1, -0.05) is 0 Å². The van der Waals surface area contributed by atoms with Gasteiger partial charge in [0.05, 0.1) is 12.7 Å². The Labute approximate surface area is 78.8 Å². The Morgan fingerprint density at radius 3 is 3.00 bits per heavy atom. The van der Waals surface area contributed by atoms with Crippen molar-refractivity contribution in [1.29, 1.82) is 0 Å². The summed E-state index contributed by atoms with van der Waals surface area (Å²) in [6, 6.07) is 0. The Kier molecular flexibility index (Phi) is 4.02. The molecule has 4 heteroatoms. The van der Waals surface area contributed by atoms with Gasteiger partial charge in [0.2, 0.25) is 0 Å². The molecule has 0 bridgehead atoms. The number of hydrogen-bond donors (Lipinski definition) is 0. The van der Waals surface area contributed by atoms with Crippen LogP contribution < -0.4 is 0 Å². The quantitative estimate of drug-likeness (QED) is 0.667. The molecule has 0 radical (unpaired) electrons. The van der Waals surface area contributed by atoms with Crippen molar-refractivity contribution in [1.82, 2.24) is 4.90 Å². The van der Waals surface area contributed by atoms with Crippen LogP contribution in [0, 0.1) is 0 Å². The van der Waals surface area contributed by atoms with Crippen LogP contribution >= 0.6 is 0 Å². The summed E-state index contributed by atoms with van der Waals surface area (Å²) in [6.07, 6.45) is 2.08. The highest BCUT2D eigenvalue weighted by Crippen LogP contribution is 2.12. The van der Waals surface area contributed by atoms with Crippen LogP contribution in [0.2, 0.25) is 0 Å². The molecule has 0 aliphatic carbocycles. The molecule has 1 unspecified atom stereocenters. The van der Waals surface area contributed by atoms with Crippen molar-refractivity contribution in [2.45, 2.75) is 25.9 Å². The number of likely N-dealkylation sites (N-methyl/N-ethyl adjacent to an activating group) is 1. The van der Waals surface area contributed by atoms with Crippen LogP contribution in [0.4, 0.5) is 4.79 Å². The molecule has 0 saturated carbocycles. The predicted molar refractivity (Wildman–Crippen MR) is 48.6 cm³/mol. The van der Waals surface area contributed by atoms with Gasteiger partial charge in [-0.2, -0.15) is 0 Å². The van der Waals surface area contributed by atoms with Gasteiger partial charge in [-0.25, -0.2) is 4.79 Å². The number of nitrogens with zero attached hydrogens (tertiary/aromatic N) is 1. The van der Waals surface area contributed by atoms with Gasteiger partial charge in [0.25, 0.3) is 0 Å². The topological polar surface area (TPSA) is 38.8 Å². The normalized spacial score (nSPS) is 21.5. The Bertz CT molecular complexity index is 166. The molecule has 1 fully saturated rings. The summed E-state index contributed by atoms with van der Waals surface area (Å²) in [4.78, 5) is 12.7. The van der Waals surface area contributed by atoms with E-state index in [0.29, 0.717) is 13.2 Å². The van der Waals surface area contributed by atoms with Crippen molar-refractivity contribution in [3.63, 3.8) is 0 Å². The van der Waals surface area contributed by atoms with Gasteiger partial charge < -0.3 is 14.4 Å². The molecule has 1 rings (SSSR count). The van der Waals surface area contributed by atoms with Gasteiger partial charge in [0, 0.05) is 20.2 Å². The Hall–Kier alpha value is -0.770. The monoisotopic (exact) mass is 187 g/mol. The number of carbonyl (C=O) groups excluding carboxylic acids is 1. The first-order valence-corrected chi connectivity index (χ1v) is 4.73. The average Bonchev–Trinajstić information content (AvgIpc) is 2.57. The van der Waals surface area contributed by atoms with Crippen molar-refractivity contribution in [3.05, 3.63) is 0 Å². The van der Waals surface area contributed by atoms with Gasteiger partial charge in [-0.05, 0) is 19.8 Å². The fourth-order valence-electron chi connectivity index (χ4n) is 1.40. The van der Waals surface area contributed by atoms with Crippen LogP contribution in [-0.4, -0.2) is 43.9 Å². The molecule has 1 aliphatic heterocycles. The first kappa shape index (κ1) is 10.3. The minimum atomic E-state index is -0.266. The van der Waals surface area contributed by atoms with Crippen molar-refractivity contribution < 1.29 is 14.3 Å². The van der Waals surface area contributed by atoms with Gasteiger partial charge in [0.15, 0.2) is 0 Å². The van der Waals surface area contributed by atoms with Crippen molar-refractivity contribution in [2.24, 2.45) is 0 Å². The van der Waals surface area contributed by atoms with Gasteiger partial charge >= 0.3 is 6.09 Å². The third-order valence-electron chi connectivity index (χ3n) is 2.08.